The third kappa shape index (κ3) is 3.04. The second-order valence-corrected chi connectivity index (χ2v) is 6.27. The van der Waals surface area contributed by atoms with Gasteiger partial charge in [-0.15, -0.1) is 10.2 Å². The highest BCUT2D eigenvalue weighted by molar-refractivity contribution is 7.15. The second-order valence-electron chi connectivity index (χ2n) is 5.32. The molecule has 0 spiro atoms. The molecule has 0 aliphatic carbocycles. The lowest BCUT2D eigenvalue weighted by molar-refractivity contribution is 0.578. The molecule has 96 valence electrons. The van der Waals surface area contributed by atoms with Gasteiger partial charge in [0.1, 0.15) is 5.01 Å². The first-order valence-electron chi connectivity index (χ1n) is 5.92. The largest absolute Gasteiger partial charge is 0.344 e. The lowest BCUT2D eigenvalue weighted by Gasteiger charge is -2.15. The Bertz CT molecular complexity index is 501. The second kappa shape index (κ2) is 5.02. The molecule has 0 saturated carbocycles. The molecule has 0 aliphatic rings. The van der Waals surface area contributed by atoms with Gasteiger partial charge < -0.3 is 4.90 Å². The normalized spacial score (nSPS) is 11.6. The van der Waals surface area contributed by atoms with E-state index in [1.807, 2.05) is 31.4 Å². The first-order chi connectivity index (χ1) is 8.47. The van der Waals surface area contributed by atoms with Crippen molar-refractivity contribution >= 4 is 16.5 Å². The molecular formula is C13H18N4S. The van der Waals surface area contributed by atoms with E-state index in [2.05, 4.69) is 40.9 Å². The Hall–Kier alpha value is -1.49. The van der Waals surface area contributed by atoms with E-state index in [9.17, 15) is 0 Å². The molecule has 0 N–H and O–H groups in total. The van der Waals surface area contributed by atoms with Crippen LogP contribution in [0.5, 0.6) is 0 Å². The molecule has 5 heteroatoms. The monoisotopic (exact) mass is 262 g/mol. The van der Waals surface area contributed by atoms with Crippen molar-refractivity contribution in [2.45, 2.75) is 32.7 Å². The highest BCUT2D eigenvalue weighted by Gasteiger charge is 2.20. The quantitative estimate of drug-likeness (QED) is 0.853. The van der Waals surface area contributed by atoms with Crippen molar-refractivity contribution in [3.05, 3.63) is 35.1 Å². The van der Waals surface area contributed by atoms with Crippen LogP contribution in [0.15, 0.2) is 24.4 Å². The topological polar surface area (TPSA) is 41.9 Å². The van der Waals surface area contributed by atoms with Gasteiger partial charge in [0.2, 0.25) is 5.13 Å². The summed E-state index contributed by atoms with van der Waals surface area (Å²) in [6.07, 6.45) is 1.81. The van der Waals surface area contributed by atoms with E-state index in [1.54, 1.807) is 11.3 Å². The van der Waals surface area contributed by atoms with Crippen molar-refractivity contribution in [3.63, 3.8) is 0 Å². The van der Waals surface area contributed by atoms with E-state index in [0.29, 0.717) is 0 Å². The molecule has 0 amide bonds. The Labute approximate surface area is 112 Å². The minimum atomic E-state index is 0.0573. The summed E-state index contributed by atoms with van der Waals surface area (Å²) < 4.78 is 0. The van der Waals surface area contributed by atoms with E-state index in [1.165, 1.54) is 0 Å². The molecule has 0 aromatic carbocycles. The Morgan fingerprint density at radius 2 is 2.00 bits per heavy atom. The number of rotatable bonds is 3. The van der Waals surface area contributed by atoms with Gasteiger partial charge in [0.05, 0.1) is 12.2 Å². The van der Waals surface area contributed by atoms with Crippen molar-refractivity contribution < 1.29 is 0 Å². The third-order valence-electron chi connectivity index (χ3n) is 2.51. The molecule has 2 aromatic rings. The summed E-state index contributed by atoms with van der Waals surface area (Å²) in [6.45, 7) is 7.20. The summed E-state index contributed by atoms with van der Waals surface area (Å²) in [7, 11) is 2.02. The Morgan fingerprint density at radius 1 is 1.22 bits per heavy atom. The average Bonchev–Trinajstić information content (AvgIpc) is 2.79. The molecule has 0 fully saturated rings. The summed E-state index contributed by atoms with van der Waals surface area (Å²) in [4.78, 5) is 6.39. The third-order valence-corrected chi connectivity index (χ3v) is 3.97. The smallest absolute Gasteiger partial charge is 0.208 e. The van der Waals surface area contributed by atoms with Gasteiger partial charge in [0, 0.05) is 18.7 Å². The lowest BCUT2D eigenvalue weighted by atomic mass is 9.98. The van der Waals surface area contributed by atoms with Crippen molar-refractivity contribution in [2.75, 3.05) is 11.9 Å². The fraction of sp³-hybridized carbons (Fsp3) is 0.462. The summed E-state index contributed by atoms with van der Waals surface area (Å²) in [5.41, 5.74) is 1.09. The van der Waals surface area contributed by atoms with E-state index >= 15 is 0 Å². The molecule has 0 saturated heterocycles. The Kier molecular flexibility index (Phi) is 3.61. The molecule has 18 heavy (non-hydrogen) atoms. The molecule has 0 bridgehead atoms. The zero-order valence-corrected chi connectivity index (χ0v) is 12.0. The van der Waals surface area contributed by atoms with E-state index < -0.39 is 0 Å². The van der Waals surface area contributed by atoms with Crippen LogP contribution in [0, 0.1) is 0 Å². The predicted octanol–water partition coefficient (Wildman–Crippen LogP) is 2.87. The van der Waals surface area contributed by atoms with Crippen LogP contribution >= 0.6 is 11.3 Å². The summed E-state index contributed by atoms with van der Waals surface area (Å²) in [5, 5.41) is 10.5. The molecule has 0 radical (unpaired) electrons. The lowest BCUT2D eigenvalue weighted by Crippen LogP contribution is -2.16. The molecular weight excluding hydrogens is 244 g/mol. The number of anilines is 1. The summed E-state index contributed by atoms with van der Waals surface area (Å²) in [5.74, 6) is 0. The van der Waals surface area contributed by atoms with Gasteiger partial charge in [-0.05, 0) is 12.1 Å². The first kappa shape index (κ1) is 13.0. The number of aromatic nitrogens is 3. The highest BCUT2D eigenvalue weighted by atomic mass is 32.1. The van der Waals surface area contributed by atoms with Gasteiger partial charge >= 0.3 is 0 Å². The van der Waals surface area contributed by atoms with Crippen LogP contribution < -0.4 is 4.90 Å². The molecule has 0 unspecified atom stereocenters. The highest BCUT2D eigenvalue weighted by Crippen LogP contribution is 2.29. The maximum Gasteiger partial charge on any atom is 0.208 e. The number of hydrogen-bond acceptors (Lipinski definition) is 5. The Morgan fingerprint density at radius 3 is 2.56 bits per heavy atom. The van der Waals surface area contributed by atoms with Crippen molar-refractivity contribution in [3.8, 4) is 0 Å². The molecule has 2 aromatic heterocycles. The summed E-state index contributed by atoms with van der Waals surface area (Å²) in [6, 6.07) is 5.94. The van der Waals surface area contributed by atoms with Crippen LogP contribution in [-0.4, -0.2) is 22.2 Å². The molecule has 2 rings (SSSR count). The minimum Gasteiger partial charge on any atom is -0.344 e. The maximum atomic E-state index is 4.31. The maximum absolute atomic E-state index is 4.31. The van der Waals surface area contributed by atoms with E-state index in [0.717, 1.165) is 22.4 Å². The van der Waals surface area contributed by atoms with Gasteiger partial charge in [-0.2, -0.15) is 0 Å². The van der Waals surface area contributed by atoms with E-state index in [4.69, 9.17) is 0 Å². The van der Waals surface area contributed by atoms with Crippen LogP contribution in [0.1, 0.15) is 31.5 Å². The van der Waals surface area contributed by atoms with Gasteiger partial charge in [-0.3, -0.25) is 4.98 Å². The fourth-order valence-corrected chi connectivity index (χ4v) is 2.34. The number of hydrogen-bond donors (Lipinski definition) is 0. The van der Waals surface area contributed by atoms with Crippen molar-refractivity contribution in [2.24, 2.45) is 0 Å². The van der Waals surface area contributed by atoms with Crippen LogP contribution in [-0.2, 0) is 12.0 Å². The van der Waals surface area contributed by atoms with Crippen molar-refractivity contribution in [1.82, 2.24) is 15.2 Å². The van der Waals surface area contributed by atoms with Gasteiger partial charge in [-0.25, -0.2) is 0 Å². The zero-order chi connectivity index (χ0) is 13.2. The van der Waals surface area contributed by atoms with E-state index in [-0.39, 0.29) is 5.41 Å². The summed E-state index contributed by atoms with van der Waals surface area (Å²) >= 11 is 1.64. The zero-order valence-electron chi connectivity index (χ0n) is 11.2. The first-order valence-corrected chi connectivity index (χ1v) is 6.73. The number of pyridine rings is 1. The van der Waals surface area contributed by atoms with Crippen LogP contribution in [0.25, 0.3) is 0 Å². The SMILES string of the molecule is CN(Cc1ccccn1)c1nnc(C(C)(C)C)s1. The van der Waals surface area contributed by atoms with Gasteiger partial charge in [0.15, 0.2) is 0 Å². The van der Waals surface area contributed by atoms with Gasteiger partial charge in [0.25, 0.3) is 0 Å². The molecule has 2 heterocycles. The van der Waals surface area contributed by atoms with Crippen LogP contribution in [0.3, 0.4) is 0 Å². The van der Waals surface area contributed by atoms with Crippen LogP contribution in [0.4, 0.5) is 5.13 Å². The minimum absolute atomic E-state index is 0.0573. The molecule has 0 aliphatic heterocycles. The Balaban J connectivity index is 2.10. The fourth-order valence-electron chi connectivity index (χ4n) is 1.48. The average molecular weight is 262 g/mol. The number of nitrogens with zero attached hydrogens (tertiary/aromatic N) is 4. The van der Waals surface area contributed by atoms with Crippen molar-refractivity contribution in [1.29, 1.82) is 0 Å². The van der Waals surface area contributed by atoms with Crippen LogP contribution in [0.2, 0.25) is 0 Å². The standard InChI is InChI=1S/C13H18N4S/c1-13(2,3)11-15-16-12(18-11)17(4)9-10-7-5-6-8-14-10/h5-8H,9H2,1-4H3. The molecule has 0 atom stereocenters. The molecule has 4 nitrogen and oxygen atoms in total. The van der Waals surface area contributed by atoms with Gasteiger partial charge in [-0.1, -0.05) is 38.2 Å². The predicted molar refractivity (Wildman–Crippen MR) is 75.0 cm³/mol.